The van der Waals surface area contributed by atoms with Gasteiger partial charge < -0.3 is 19.7 Å². The van der Waals surface area contributed by atoms with Crippen LogP contribution >= 0.6 is 11.6 Å². The molecule has 9 nitrogen and oxygen atoms in total. The zero-order valence-corrected chi connectivity index (χ0v) is 28.3. The van der Waals surface area contributed by atoms with Crippen LogP contribution in [-0.2, 0) is 32.6 Å². The fraction of sp³-hybridized carbons (Fsp3) is 0.278. The average molecular weight is 678 g/mol. The van der Waals surface area contributed by atoms with E-state index in [1.165, 1.54) is 43.4 Å². The molecule has 0 heterocycles. The maximum absolute atomic E-state index is 14.6. The summed E-state index contributed by atoms with van der Waals surface area (Å²) in [6, 6.07) is 28.0. The summed E-state index contributed by atoms with van der Waals surface area (Å²) >= 11 is 6.57. The van der Waals surface area contributed by atoms with Crippen molar-refractivity contribution in [3.8, 4) is 11.5 Å². The Morgan fingerprint density at radius 3 is 2.17 bits per heavy atom. The number of para-hydroxylation sites is 2. The molecule has 0 bridgehead atoms. The molecule has 0 spiro atoms. The Bertz CT molecular complexity index is 1740. The third-order valence-electron chi connectivity index (χ3n) is 7.68. The quantitative estimate of drug-likeness (QED) is 0.144. The first-order valence-corrected chi connectivity index (χ1v) is 17.2. The average Bonchev–Trinajstić information content (AvgIpc) is 3.09. The van der Waals surface area contributed by atoms with Crippen molar-refractivity contribution in [1.82, 2.24) is 10.2 Å². The minimum absolute atomic E-state index is 0.0282. The molecule has 0 saturated heterocycles. The van der Waals surface area contributed by atoms with E-state index in [1.807, 2.05) is 37.3 Å². The molecule has 0 aromatic heterocycles. The smallest absolute Gasteiger partial charge is 0.264 e. The summed E-state index contributed by atoms with van der Waals surface area (Å²) in [6.45, 7) is 1.82. The molecule has 47 heavy (non-hydrogen) atoms. The van der Waals surface area contributed by atoms with Crippen molar-refractivity contribution < 1.29 is 27.5 Å². The second-order valence-electron chi connectivity index (χ2n) is 10.8. The molecule has 1 atom stereocenters. The van der Waals surface area contributed by atoms with Gasteiger partial charge in [0, 0.05) is 24.5 Å². The highest BCUT2D eigenvalue weighted by molar-refractivity contribution is 7.92. The van der Waals surface area contributed by atoms with Crippen molar-refractivity contribution in [3.63, 3.8) is 0 Å². The van der Waals surface area contributed by atoms with E-state index >= 15 is 0 Å². The molecule has 2 amide bonds. The van der Waals surface area contributed by atoms with Crippen molar-refractivity contribution in [2.45, 2.75) is 43.7 Å². The number of nitrogens with one attached hydrogen (secondary N) is 1. The predicted octanol–water partition coefficient (Wildman–Crippen LogP) is 6.11. The van der Waals surface area contributed by atoms with E-state index in [0.29, 0.717) is 22.9 Å². The molecule has 4 aromatic rings. The van der Waals surface area contributed by atoms with E-state index in [9.17, 15) is 18.0 Å². The Kier molecular flexibility index (Phi) is 12.7. The maximum Gasteiger partial charge on any atom is 0.264 e. The van der Waals surface area contributed by atoms with Gasteiger partial charge in [-0.25, -0.2) is 8.42 Å². The summed E-state index contributed by atoms with van der Waals surface area (Å²) in [6.07, 6.45) is 1.85. The second kappa shape index (κ2) is 16.9. The molecule has 0 aliphatic carbocycles. The summed E-state index contributed by atoms with van der Waals surface area (Å²) in [7, 11) is -1.40. The van der Waals surface area contributed by atoms with Crippen molar-refractivity contribution >= 4 is 39.1 Å². The standard InChI is InChI=1S/C36H40ClN3O6S/c1-4-5-23-38-36(42)33(24-27-13-7-6-8-14-27)39(25-28-15-9-10-16-31(28)37)35(41)26-40(32-17-11-12-18-34(32)46-3)47(43,44)30-21-19-29(45-2)20-22-30/h6-22,33H,4-5,23-26H2,1-3H3,(H,38,42). The molecule has 1 unspecified atom stereocenters. The van der Waals surface area contributed by atoms with Crippen LogP contribution in [-0.4, -0.2) is 58.5 Å². The number of nitrogens with zero attached hydrogens (tertiary/aromatic N) is 2. The van der Waals surface area contributed by atoms with Crippen LogP contribution in [0.5, 0.6) is 11.5 Å². The fourth-order valence-corrected chi connectivity index (χ4v) is 6.71. The normalized spacial score (nSPS) is 11.7. The van der Waals surface area contributed by atoms with Crippen LogP contribution in [0, 0.1) is 0 Å². The number of hydrogen-bond acceptors (Lipinski definition) is 6. The number of unbranched alkanes of at least 4 members (excludes halogenated alkanes) is 1. The van der Waals surface area contributed by atoms with E-state index in [0.717, 1.165) is 22.7 Å². The minimum atomic E-state index is -4.32. The Morgan fingerprint density at radius 1 is 0.851 bits per heavy atom. The lowest BCUT2D eigenvalue weighted by Crippen LogP contribution is -2.53. The summed E-state index contributed by atoms with van der Waals surface area (Å²) in [5.41, 5.74) is 1.63. The number of amides is 2. The highest BCUT2D eigenvalue weighted by Gasteiger charge is 2.35. The van der Waals surface area contributed by atoms with Gasteiger partial charge in [-0.2, -0.15) is 0 Å². The molecule has 0 aliphatic rings. The Labute approximate surface area is 282 Å². The summed E-state index contributed by atoms with van der Waals surface area (Å²) in [4.78, 5) is 29.9. The lowest BCUT2D eigenvalue weighted by atomic mass is 10.0. The topological polar surface area (TPSA) is 105 Å². The number of sulfonamides is 1. The summed E-state index contributed by atoms with van der Waals surface area (Å²) in [5, 5.41) is 3.40. The number of hydrogen-bond donors (Lipinski definition) is 1. The van der Waals surface area contributed by atoms with Crippen LogP contribution in [0.4, 0.5) is 5.69 Å². The molecule has 0 saturated carbocycles. The number of halogens is 1. The van der Waals surface area contributed by atoms with Gasteiger partial charge >= 0.3 is 0 Å². The van der Waals surface area contributed by atoms with Gasteiger partial charge in [0.05, 0.1) is 24.8 Å². The van der Waals surface area contributed by atoms with E-state index in [-0.39, 0.29) is 35.2 Å². The van der Waals surface area contributed by atoms with Gasteiger partial charge in [-0.15, -0.1) is 0 Å². The molecule has 0 aliphatic heterocycles. The first-order chi connectivity index (χ1) is 22.7. The molecule has 1 N–H and O–H groups in total. The lowest BCUT2D eigenvalue weighted by Gasteiger charge is -2.34. The summed E-state index contributed by atoms with van der Waals surface area (Å²) < 4.78 is 40.4. The predicted molar refractivity (Wildman–Crippen MR) is 184 cm³/mol. The monoisotopic (exact) mass is 677 g/mol. The van der Waals surface area contributed by atoms with Crippen LogP contribution in [0.15, 0.2) is 108 Å². The van der Waals surface area contributed by atoms with E-state index in [2.05, 4.69) is 5.32 Å². The first-order valence-electron chi connectivity index (χ1n) is 15.3. The van der Waals surface area contributed by atoms with Gasteiger partial charge in [0.25, 0.3) is 10.0 Å². The van der Waals surface area contributed by atoms with Crippen LogP contribution in [0.2, 0.25) is 5.02 Å². The number of carbonyl (C=O) groups is 2. The van der Waals surface area contributed by atoms with Crippen molar-refractivity contribution in [2.24, 2.45) is 0 Å². The Balaban J connectivity index is 1.82. The van der Waals surface area contributed by atoms with Gasteiger partial charge in [-0.1, -0.05) is 85.6 Å². The molecular weight excluding hydrogens is 638 g/mol. The van der Waals surface area contributed by atoms with E-state index in [1.54, 1.807) is 48.5 Å². The zero-order valence-electron chi connectivity index (χ0n) is 26.8. The van der Waals surface area contributed by atoms with Gasteiger partial charge in [0.1, 0.15) is 24.1 Å². The first kappa shape index (κ1) is 35.3. The molecule has 248 valence electrons. The lowest BCUT2D eigenvalue weighted by molar-refractivity contribution is -0.140. The fourth-order valence-electron chi connectivity index (χ4n) is 5.09. The molecule has 4 rings (SSSR count). The number of methoxy groups -OCH3 is 2. The van der Waals surface area contributed by atoms with Gasteiger partial charge in [0.2, 0.25) is 11.8 Å². The van der Waals surface area contributed by atoms with Crippen molar-refractivity contribution in [3.05, 3.63) is 119 Å². The third-order valence-corrected chi connectivity index (χ3v) is 9.82. The number of carbonyl (C=O) groups excluding carboxylic acids is 2. The molecule has 0 radical (unpaired) electrons. The van der Waals surface area contributed by atoms with Gasteiger partial charge in [-0.3, -0.25) is 13.9 Å². The number of rotatable bonds is 16. The van der Waals surface area contributed by atoms with E-state index in [4.69, 9.17) is 21.1 Å². The van der Waals surface area contributed by atoms with Gasteiger partial charge in [0.15, 0.2) is 0 Å². The maximum atomic E-state index is 14.6. The van der Waals surface area contributed by atoms with Gasteiger partial charge in [-0.05, 0) is 60.0 Å². The zero-order chi connectivity index (χ0) is 33.8. The molecule has 4 aromatic carbocycles. The minimum Gasteiger partial charge on any atom is -0.497 e. The number of benzene rings is 4. The highest BCUT2D eigenvalue weighted by Crippen LogP contribution is 2.33. The largest absolute Gasteiger partial charge is 0.497 e. The van der Waals surface area contributed by atoms with Crippen LogP contribution < -0.4 is 19.1 Å². The summed E-state index contributed by atoms with van der Waals surface area (Å²) in [5.74, 6) is -0.204. The molecule has 0 fully saturated rings. The van der Waals surface area contributed by atoms with Crippen molar-refractivity contribution in [2.75, 3.05) is 31.6 Å². The number of anilines is 1. The Morgan fingerprint density at radius 2 is 1.51 bits per heavy atom. The van der Waals surface area contributed by atoms with Crippen LogP contribution in [0.1, 0.15) is 30.9 Å². The highest BCUT2D eigenvalue weighted by atomic mass is 35.5. The second-order valence-corrected chi connectivity index (χ2v) is 13.1. The number of ether oxygens (including phenoxy) is 2. The molecular formula is C36H40ClN3O6S. The SMILES string of the molecule is CCCCNC(=O)C(Cc1ccccc1)N(Cc1ccccc1Cl)C(=O)CN(c1ccccc1OC)S(=O)(=O)c1ccc(OC)cc1. The Hall–Kier alpha value is -4.54. The van der Waals surface area contributed by atoms with E-state index < -0.39 is 28.5 Å². The van der Waals surface area contributed by atoms with Crippen molar-refractivity contribution in [1.29, 1.82) is 0 Å². The van der Waals surface area contributed by atoms with Crippen LogP contribution in [0.25, 0.3) is 0 Å². The third kappa shape index (κ3) is 9.05. The molecule has 11 heteroatoms. The van der Waals surface area contributed by atoms with Crippen LogP contribution in [0.3, 0.4) is 0 Å².